The van der Waals surface area contributed by atoms with E-state index in [2.05, 4.69) is 60.9 Å². The monoisotopic (exact) mass is 425 g/mol. The van der Waals surface area contributed by atoms with E-state index in [1.807, 2.05) is 12.1 Å². The molecule has 0 saturated heterocycles. The van der Waals surface area contributed by atoms with Gasteiger partial charge in [-0.25, -0.2) is 0 Å². The Morgan fingerprint density at radius 1 is 0.935 bits per heavy atom. The van der Waals surface area contributed by atoms with Gasteiger partial charge in [0.1, 0.15) is 0 Å². The molecule has 0 fully saturated rings. The fourth-order valence-electron chi connectivity index (χ4n) is 3.73. The molecule has 0 heterocycles. The largest absolute Gasteiger partial charge is 0.382 e. The summed E-state index contributed by atoms with van der Waals surface area (Å²) in [6.45, 7) is 7.74. The normalized spacial score (nSPS) is 12.0. The Kier molecular flexibility index (Phi) is 11.1. The number of hydrogen-bond donors (Lipinski definition) is 3. The van der Waals surface area contributed by atoms with Gasteiger partial charge < -0.3 is 15.8 Å². The Morgan fingerprint density at radius 3 is 2.32 bits per heavy atom. The van der Waals surface area contributed by atoms with Crippen LogP contribution in [0.15, 0.2) is 48.5 Å². The second-order valence-corrected chi connectivity index (χ2v) is 8.26. The lowest BCUT2D eigenvalue weighted by Crippen LogP contribution is -2.29. The van der Waals surface area contributed by atoms with Crippen molar-refractivity contribution >= 4 is 11.6 Å². The predicted octanol–water partition coefficient (Wildman–Crippen LogP) is 5.18. The highest BCUT2D eigenvalue weighted by molar-refractivity contribution is 5.72. The third kappa shape index (κ3) is 9.53. The first kappa shape index (κ1) is 24.9. The van der Waals surface area contributed by atoms with Crippen molar-refractivity contribution in [1.82, 2.24) is 10.4 Å². The molecule has 31 heavy (non-hydrogen) atoms. The van der Waals surface area contributed by atoms with Gasteiger partial charge in [-0.15, -0.1) is 0 Å². The number of nitrogens with zero attached hydrogens (tertiary/aromatic N) is 1. The zero-order valence-corrected chi connectivity index (χ0v) is 19.4. The predicted molar refractivity (Wildman–Crippen MR) is 128 cm³/mol. The van der Waals surface area contributed by atoms with Crippen molar-refractivity contribution in [2.45, 2.75) is 71.9 Å². The first-order valence-electron chi connectivity index (χ1n) is 11.6. The Morgan fingerprint density at radius 2 is 1.65 bits per heavy atom. The van der Waals surface area contributed by atoms with Gasteiger partial charge >= 0.3 is 0 Å². The molecule has 5 heteroatoms. The van der Waals surface area contributed by atoms with Crippen LogP contribution in [0.2, 0.25) is 0 Å². The van der Waals surface area contributed by atoms with E-state index in [-0.39, 0.29) is 5.91 Å². The van der Waals surface area contributed by atoms with Gasteiger partial charge in [-0.2, -0.15) is 5.06 Å². The van der Waals surface area contributed by atoms with Crippen LogP contribution < -0.4 is 10.6 Å². The molecule has 1 unspecified atom stereocenters. The Hall–Kier alpha value is -2.37. The number of hydroxylamine groups is 2. The summed E-state index contributed by atoms with van der Waals surface area (Å²) in [5, 5.41) is 18.4. The maximum absolute atomic E-state index is 11.0. The molecule has 0 radical (unpaired) electrons. The fraction of sp³-hybridized carbons (Fsp3) is 0.500. The quantitative estimate of drug-likeness (QED) is 0.365. The van der Waals surface area contributed by atoms with E-state index in [1.54, 1.807) is 0 Å². The Balaban J connectivity index is 1.80. The summed E-state index contributed by atoms with van der Waals surface area (Å²) in [6, 6.07) is 17.1. The summed E-state index contributed by atoms with van der Waals surface area (Å²) in [6.07, 6.45) is 6.12. The first-order valence-corrected chi connectivity index (χ1v) is 11.6. The molecule has 0 aliphatic carbocycles. The molecule has 170 valence electrons. The van der Waals surface area contributed by atoms with Gasteiger partial charge in [0, 0.05) is 38.3 Å². The lowest BCUT2D eigenvalue weighted by Gasteiger charge is -2.24. The minimum absolute atomic E-state index is 0.0234. The number of para-hydroxylation sites is 1. The number of aryl methyl sites for hydroxylation is 1. The second kappa shape index (κ2) is 13.8. The van der Waals surface area contributed by atoms with Gasteiger partial charge in [0.15, 0.2) is 0 Å². The molecule has 0 saturated carbocycles. The van der Waals surface area contributed by atoms with Gasteiger partial charge in [0.05, 0.1) is 0 Å². The summed E-state index contributed by atoms with van der Waals surface area (Å²) >= 11 is 0. The van der Waals surface area contributed by atoms with E-state index in [0.29, 0.717) is 25.7 Å². The van der Waals surface area contributed by atoms with Crippen LogP contribution in [-0.4, -0.2) is 35.3 Å². The summed E-state index contributed by atoms with van der Waals surface area (Å²) in [5.41, 5.74) is 4.86. The van der Waals surface area contributed by atoms with E-state index >= 15 is 0 Å². The number of amides is 1. The van der Waals surface area contributed by atoms with E-state index in [4.69, 9.17) is 0 Å². The van der Waals surface area contributed by atoms with Crippen molar-refractivity contribution in [1.29, 1.82) is 0 Å². The molecule has 0 bridgehead atoms. The number of benzene rings is 2. The highest BCUT2D eigenvalue weighted by atomic mass is 16.5. The molecule has 0 aliphatic heterocycles. The van der Waals surface area contributed by atoms with Crippen molar-refractivity contribution in [3.05, 3.63) is 65.2 Å². The third-order valence-corrected chi connectivity index (χ3v) is 5.49. The Labute approximate surface area is 187 Å². The number of nitrogens with one attached hydrogen (secondary N) is 2. The number of hydrogen-bond acceptors (Lipinski definition) is 4. The SMILES string of the molecule is CCCc1ccccc1NC(CCC)CCN(O)CCc1ccc(CNC(C)=O)cc1. The smallest absolute Gasteiger partial charge is 0.217 e. The highest BCUT2D eigenvalue weighted by Crippen LogP contribution is 2.20. The van der Waals surface area contributed by atoms with Gasteiger partial charge in [0.2, 0.25) is 5.91 Å². The van der Waals surface area contributed by atoms with Crippen molar-refractivity contribution in [2.24, 2.45) is 0 Å². The van der Waals surface area contributed by atoms with Crippen LogP contribution in [0, 0.1) is 0 Å². The maximum atomic E-state index is 11.0. The van der Waals surface area contributed by atoms with Gasteiger partial charge in [-0.05, 0) is 48.4 Å². The van der Waals surface area contributed by atoms with E-state index < -0.39 is 0 Å². The average molecular weight is 426 g/mol. The van der Waals surface area contributed by atoms with Crippen molar-refractivity contribution in [3.63, 3.8) is 0 Å². The molecule has 1 atom stereocenters. The van der Waals surface area contributed by atoms with Crippen LogP contribution >= 0.6 is 0 Å². The molecular weight excluding hydrogens is 386 g/mol. The molecule has 0 aromatic heterocycles. The van der Waals surface area contributed by atoms with Crippen LogP contribution in [0.25, 0.3) is 0 Å². The van der Waals surface area contributed by atoms with Crippen molar-refractivity contribution < 1.29 is 10.0 Å². The lowest BCUT2D eigenvalue weighted by molar-refractivity contribution is -0.119. The molecule has 1 amide bonds. The van der Waals surface area contributed by atoms with Crippen molar-refractivity contribution in [3.8, 4) is 0 Å². The minimum atomic E-state index is -0.0234. The molecule has 3 N–H and O–H groups in total. The standard InChI is InChI=1S/C26H39N3O2/c1-4-8-24-10-6-7-11-26(24)28-25(9-5-2)17-19-29(31)18-16-22-12-14-23(15-13-22)20-27-21(3)30/h6-7,10-15,25,28,31H,4-5,8-9,16-20H2,1-3H3,(H,27,30). The van der Waals surface area contributed by atoms with Crippen molar-refractivity contribution in [2.75, 3.05) is 18.4 Å². The average Bonchev–Trinajstić information content (AvgIpc) is 2.77. The molecule has 2 aromatic rings. The lowest BCUT2D eigenvalue weighted by atomic mass is 10.0. The van der Waals surface area contributed by atoms with Gasteiger partial charge in [-0.3, -0.25) is 4.79 Å². The molecule has 2 aromatic carbocycles. The van der Waals surface area contributed by atoms with Crippen LogP contribution in [-0.2, 0) is 24.2 Å². The molecule has 0 spiro atoms. The van der Waals surface area contributed by atoms with Gasteiger partial charge in [-0.1, -0.05) is 69.2 Å². The molecule has 0 aliphatic rings. The topological polar surface area (TPSA) is 64.6 Å². The number of carbonyl (C=O) groups is 1. The number of anilines is 1. The maximum Gasteiger partial charge on any atom is 0.217 e. The van der Waals surface area contributed by atoms with Gasteiger partial charge in [0.25, 0.3) is 0 Å². The third-order valence-electron chi connectivity index (χ3n) is 5.49. The molecule has 5 nitrogen and oxygen atoms in total. The Bertz CT molecular complexity index is 776. The number of rotatable bonds is 14. The second-order valence-electron chi connectivity index (χ2n) is 8.26. The fourth-order valence-corrected chi connectivity index (χ4v) is 3.73. The van der Waals surface area contributed by atoms with E-state index in [0.717, 1.165) is 44.1 Å². The van der Waals surface area contributed by atoms with Crippen LogP contribution in [0.4, 0.5) is 5.69 Å². The summed E-state index contributed by atoms with van der Waals surface area (Å²) in [4.78, 5) is 11.0. The minimum Gasteiger partial charge on any atom is -0.382 e. The van der Waals surface area contributed by atoms with E-state index in [9.17, 15) is 10.0 Å². The summed E-state index contributed by atoms with van der Waals surface area (Å²) in [5.74, 6) is -0.0234. The molecule has 2 rings (SSSR count). The van der Waals surface area contributed by atoms with Crippen LogP contribution in [0.1, 0.15) is 63.1 Å². The first-order chi connectivity index (χ1) is 15.0. The zero-order chi connectivity index (χ0) is 22.5. The summed E-state index contributed by atoms with van der Waals surface area (Å²) in [7, 11) is 0. The highest BCUT2D eigenvalue weighted by Gasteiger charge is 2.12. The van der Waals surface area contributed by atoms with Crippen LogP contribution in [0.5, 0.6) is 0 Å². The summed E-state index contributed by atoms with van der Waals surface area (Å²) < 4.78 is 0. The molecular formula is C26H39N3O2. The zero-order valence-electron chi connectivity index (χ0n) is 19.4. The van der Waals surface area contributed by atoms with E-state index in [1.165, 1.54) is 28.8 Å². The number of carbonyl (C=O) groups excluding carboxylic acids is 1. The van der Waals surface area contributed by atoms with Crippen LogP contribution in [0.3, 0.4) is 0 Å².